The van der Waals surface area contributed by atoms with Crippen molar-refractivity contribution in [1.29, 1.82) is 0 Å². The molecule has 0 aromatic heterocycles. The standard InChI is InChI=1S/C14H13NO4S/c1-9-2-4-10(5-3-9)8-11-13(18)15(14(19)20-11)7-6-12(16)17/h2-5,8H,6-7H2,1H3,(H,16,17)/p-1. The average molecular weight is 290 g/mol. The molecule has 1 fully saturated rings. The number of carbonyl (C=O) groups is 3. The second-order valence-corrected chi connectivity index (χ2v) is 5.36. The minimum Gasteiger partial charge on any atom is -0.550 e. The van der Waals surface area contributed by atoms with E-state index in [0.29, 0.717) is 4.91 Å². The van der Waals surface area contributed by atoms with Crippen LogP contribution in [0.15, 0.2) is 29.2 Å². The summed E-state index contributed by atoms with van der Waals surface area (Å²) in [7, 11) is 0. The van der Waals surface area contributed by atoms with Gasteiger partial charge in [-0.25, -0.2) is 0 Å². The summed E-state index contributed by atoms with van der Waals surface area (Å²) in [6.07, 6.45) is 1.28. The molecule has 0 atom stereocenters. The van der Waals surface area contributed by atoms with Gasteiger partial charge < -0.3 is 9.90 Å². The van der Waals surface area contributed by atoms with Crippen molar-refractivity contribution in [2.75, 3.05) is 6.54 Å². The van der Waals surface area contributed by atoms with Crippen LogP contribution < -0.4 is 5.11 Å². The highest BCUT2D eigenvalue weighted by Crippen LogP contribution is 2.32. The molecule has 0 aliphatic carbocycles. The zero-order chi connectivity index (χ0) is 14.7. The molecule has 5 nitrogen and oxygen atoms in total. The van der Waals surface area contributed by atoms with Crippen LogP contribution in [0.3, 0.4) is 0 Å². The van der Waals surface area contributed by atoms with E-state index in [2.05, 4.69) is 0 Å². The summed E-state index contributed by atoms with van der Waals surface area (Å²) in [6, 6.07) is 7.52. The molecule has 1 aromatic carbocycles. The zero-order valence-corrected chi connectivity index (χ0v) is 11.6. The number of benzene rings is 1. The molecule has 20 heavy (non-hydrogen) atoms. The third-order valence-corrected chi connectivity index (χ3v) is 3.70. The van der Waals surface area contributed by atoms with E-state index >= 15 is 0 Å². The molecular weight excluding hydrogens is 278 g/mol. The van der Waals surface area contributed by atoms with Gasteiger partial charge in [0.1, 0.15) is 0 Å². The summed E-state index contributed by atoms with van der Waals surface area (Å²) >= 11 is 0.818. The highest BCUT2D eigenvalue weighted by atomic mass is 32.2. The Bertz CT molecular complexity index is 592. The number of aliphatic carboxylic acids is 1. The number of amides is 2. The van der Waals surface area contributed by atoms with Gasteiger partial charge in [0.05, 0.1) is 4.91 Å². The Labute approximate surface area is 120 Å². The van der Waals surface area contributed by atoms with Crippen LogP contribution in [0.2, 0.25) is 0 Å². The third-order valence-electron chi connectivity index (χ3n) is 2.79. The smallest absolute Gasteiger partial charge is 0.293 e. The van der Waals surface area contributed by atoms with Gasteiger partial charge in [-0.15, -0.1) is 0 Å². The van der Waals surface area contributed by atoms with Crippen LogP contribution in [0.1, 0.15) is 17.5 Å². The Hall–Kier alpha value is -2.08. The van der Waals surface area contributed by atoms with Gasteiger partial charge in [-0.2, -0.15) is 0 Å². The van der Waals surface area contributed by atoms with Crippen molar-refractivity contribution in [2.24, 2.45) is 0 Å². The molecule has 0 unspecified atom stereocenters. The van der Waals surface area contributed by atoms with Crippen LogP contribution in [0.5, 0.6) is 0 Å². The number of imide groups is 1. The summed E-state index contributed by atoms with van der Waals surface area (Å²) < 4.78 is 0. The Morgan fingerprint density at radius 3 is 2.55 bits per heavy atom. The van der Waals surface area contributed by atoms with Gasteiger partial charge in [-0.05, 0) is 30.3 Å². The number of carboxylic acids is 1. The summed E-state index contributed by atoms with van der Waals surface area (Å²) in [5.74, 6) is -1.74. The van der Waals surface area contributed by atoms with E-state index in [1.807, 2.05) is 31.2 Å². The molecule has 1 saturated heterocycles. The summed E-state index contributed by atoms with van der Waals surface area (Å²) in [4.78, 5) is 35.3. The van der Waals surface area contributed by atoms with Gasteiger partial charge in [-0.3, -0.25) is 14.5 Å². The molecule has 1 aliphatic heterocycles. The predicted octanol–water partition coefficient (Wildman–Crippen LogP) is 1.17. The first kappa shape index (κ1) is 14.3. The summed E-state index contributed by atoms with van der Waals surface area (Å²) in [5.41, 5.74) is 1.92. The zero-order valence-electron chi connectivity index (χ0n) is 10.8. The van der Waals surface area contributed by atoms with E-state index in [-0.39, 0.29) is 13.0 Å². The lowest BCUT2D eigenvalue weighted by molar-refractivity contribution is -0.305. The molecule has 6 heteroatoms. The molecule has 104 valence electrons. The molecule has 1 aliphatic rings. The lowest BCUT2D eigenvalue weighted by atomic mass is 10.1. The van der Waals surface area contributed by atoms with Crippen molar-refractivity contribution < 1.29 is 19.5 Å². The van der Waals surface area contributed by atoms with Gasteiger partial charge in [0.2, 0.25) is 0 Å². The van der Waals surface area contributed by atoms with Crippen molar-refractivity contribution in [1.82, 2.24) is 4.90 Å². The van der Waals surface area contributed by atoms with Crippen molar-refractivity contribution >= 4 is 35.0 Å². The van der Waals surface area contributed by atoms with E-state index < -0.39 is 17.1 Å². The Kier molecular flexibility index (Phi) is 4.24. The topological polar surface area (TPSA) is 77.5 Å². The first-order chi connectivity index (χ1) is 9.47. The first-order valence-corrected chi connectivity index (χ1v) is 6.81. The highest BCUT2D eigenvalue weighted by Gasteiger charge is 2.34. The Morgan fingerprint density at radius 2 is 1.95 bits per heavy atom. The van der Waals surface area contributed by atoms with E-state index in [9.17, 15) is 19.5 Å². The quantitative estimate of drug-likeness (QED) is 0.778. The summed E-state index contributed by atoms with van der Waals surface area (Å²) in [6.45, 7) is 1.80. The first-order valence-electron chi connectivity index (χ1n) is 5.99. The monoisotopic (exact) mass is 290 g/mol. The van der Waals surface area contributed by atoms with Gasteiger partial charge in [0, 0.05) is 18.9 Å². The van der Waals surface area contributed by atoms with E-state index in [1.165, 1.54) is 0 Å². The van der Waals surface area contributed by atoms with Gasteiger partial charge >= 0.3 is 0 Å². The maximum atomic E-state index is 12.0. The fourth-order valence-corrected chi connectivity index (χ4v) is 2.57. The van der Waals surface area contributed by atoms with E-state index in [4.69, 9.17) is 0 Å². The van der Waals surface area contributed by atoms with Crippen LogP contribution >= 0.6 is 11.8 Å². The van der Waals surface area contributed by atoms with Crippen molar-refractivity contribution in [3.8, 4) is 0 Å². The minimum atomic E-state index is -1.29. The van der Waals surface area contributed by atoms with Crippen molar-refractivity contribution in [2.45, 2.75) is 13.3 Å². The molecule has 0 N–H and O–H groups in total. The molecule has 0 saturated carbocycles. The number of aryl methyl sites for hydroxylation is 1. The molecular formula is C14H12NO4S-. The van der Waals surface area contributed by atoms with Crippen molar-refractivity contribution in [3.05, 3.63) is 40.3 Å². The maximum Gasteiger partial charge on any atom is 0.293 e. The highest BCUT2D eigenvalue weighted by molar-refractivity contribution is 8.18. The molecule has 0 bridgehead atoms. The number of hydrogen-bond donors (Lipinski definition) is 0. The van der Waals surface area contributed by atoms with Gasteiger partial charge in [-0.1, -0.05) is 29.8 Å². The largest absolute Gasteiger partial charge is 0.550 e. The van der Waals surface area contributed by atoms with Gasteiger partial charge in [0.15, 0.2) is 0 Å². The molecule has 2 rings (SSSR count). The Balaban J connectivity index is 2.14. The second kappa shape index (κ2) is 5.92. The number of hydrogen-bond acceptors (Lipinski definition) is 5. The number of thioether (sulfide) groups is 1. The third kappa shape index (κ3) is 3.27. The molecule has 2 amide bonds. The Morgan fingerprint density at radius 1 is 1.30 bits per heavy atom. The lowest BCUT2D eigenvalue weighted by Crippen LogP contribution is -2.33. The van der Waals surface area contributed by atoms with Crippen LogP contribution in [-0.2, 0) is 9.59 Å². The maximum absolute atomic E-state index is 12.0. The fourth-order valence-electron chi connectivity index (χ4n) is 1.71. The molecule has 1 aromatic rings. The molecule has 1 heterocycles. The number of carboxylic acid groups (broad SMARTS) is 1. The molecule has 0 spiro atoms. The van der Waals surface area contributed by atoms with Crippen LogP contribution in [0.25, 0.3) is 6.08 Å². The summed E-state index contributed by atoms with van der Waals surface area (Å²) in [5, 5.41) is 9.94. The number of nitrogens with zero attached hydrogens (tertiary/aromatic N) is 1. The van der Waals surface area contributed by atoms with Gasteiger partial charge in [0.25, 0.3) is 11.1 Å². The number of carbonyl (C=O) groups excluding carboxylic acids is 3. The van der Waals surface area contributed by atoms with E-state index in [0.717, 1.165) is 27.8 Å². The van der Waals surface area contributed by atoms with E-state index in [1.54, 1.807) is 6.08 Å². The number of rotatable bonds is 4. The SMILES string of the molecule is Cc1ccc(C=C2SC(=O)N(CCC(=O)[O-])C2=O)cc1. The molecule has 0 radical (unpaired) electrons. The fraction of sp³-hybridized carbons (Fsp3) is 0.214. The van der Waals surface area contributed by atoms with Crippen LogP contribution in [-0.4, -0.2) is 28.6 Å². The predicted molar refractivity (Wildman–Crippen MR) is 73.5 cm³/mol. The average Bonchev–Trinajstić information content (AvgIpc) is 2.65. The normalized spacial score (nSPS) is 17.1. The minimum absolute atomic E-state index is 0.155. The second-order valence-electron chi connectivity index (χ2n) is 4.37. The van der Waals surface area contributed by atoms with Crippen LogP contribution in [0, 0.1) is 6.92 Å². The lowest BCUT2D eigenvalue weighted by Gasteiger charge is -2.12. The van der Waals surface area contributed by atoms with Crippen LogP contribution in [0.4, 0.5) is 4.79 Å². The van der Waals surface area contributed by atoms with Crippen molar-refractivity contribution in [3.63, 3.8) is 0 Å².